The summed E-state index contributed by atoms with van der Waals surface area (Å²) in [7, 11) is 0. The standard InChI is InChI=1S/C7H8BrN3O2S/c1-4-9-7(11(12)13)6(8)10(4)5-2-14-3-5/h5H,2-3H2,1H3. The summed E-state index contributed by atoms with van der Waals surface area (Å²) in [6, 6.07) is 0.357. The summed E-state index contributed by atoms with van der Waals surface area (Å²) in [5.41, 5.74) is 0. The van der Waals surface area contributed by atoms with E-state index in [1.165, 1.54) is 0 Å². The summed E-state index contributed by atoms with van der Waals surface area (Å²) >= 11 is 5.06. The maximum atomic E-state index is 10.6. The molecule has 0 aliphatic carbocycles. The van der Waals surface area contributed by atoms with E-state index in [2.05, 4.69) is 20.9 Å². The van der Waals surface area contributed by atoms with Crippen LogP contribution in [-0.2, 0) is 0 Å². The number of aromatic nitrogens is 2. The van der Waals surface area contributed by atoms with E-state index in [1.54, 1.807) is 6.92 Å². The third-order valence-corrected chi connectivity index (χ3v) is 4.15. The highest BCUT2D eigenvalue weighted by Gasteiger charge is 2.31. The zero-order valence-corrected chi connectivity index (χ0v) is 9.84. The van der Waals surface area contributed by atoms with Crippen LogP contribution in [0.5, 0.6) is 0 Å². The molecule has 0 bridgehead atoms. The van der Waals surface area contributed by atoms with Gasteiger partial charge in [0.25, 0.3) is 0 Å². The minimum absolute atomic E-state index is 0.0839. The second-order valence-electron chi connectivity index (χ2n) is 3.09. The van der Waals surface area contributed by atoms with Crippen LogP contribution in [0.15, 0.2) is 4.60 Å². The molecule has 0 atom stereocenters. The van der Waals surface area contributed by atoms with Crippen molar-refractivity contribution >= 4 is 33.5 Å². The lowest BCUT2D eigenvalue weighted by molar-refractivity contribution is -0.390. The Hall–Kier alpha value is -0.560. The van der Waals surface area contributed by atoms with Crippen molar-refractivity contribution in [2.45, 2.75) is 13.0 Å². The van der Waals surface area contributed by atoms with Gasteiger partial charge in [-0.1, -0.05) is 0 Å². The molecule has 0 unspecified atom stereocenters. The van der Waals surface area contributed by atoms with E-state index in [0.29, 0.717) is 16.5 Å². The molecule has 0 N–H and O–H groups in total. The van der Waals surface area contributed by atoms with Gasteiger partial charge in [-0.05, 0) is 25.8 Å². The van der Waals surface area contributed by atoms with Crippen LogP contribution in [0, 0.1) is 17.0 Å². The third-order valence-electron chi connectivity index (χ3n) is 2.17. The molecule has 1 aliphatic heterocycles. The van der Waals surface area contributed by atoms with Crippen molar-refractivity contribution < 1.29 is 4.92 Å². The van der Waals surface area contributed by atoms with E-state index >= 15 is 0 Å². The summed E-state index contributed by atoms with van der Waals surface area (Å²) in [5, 5.41) is 10.6. The maximum Gasteiger partial charge on any atom is 0.396 e. The minimum atomic E-state index is -0.459. The third kappa shape index (κ3) is 1.44. The van der Waals surface area contributed by atoms with E-state index in [4.69, 9.17) is 0 Å². The van der Waals surface area contributed by atoms with Crippen LogP contribution in [0.4, 0.5) is 5.82 Å². The highest BCUT2D eigenvalue weighted by atomic mass is 79.9. The van der Waals surface area contributed by atoms with Crippen molar-refractivity contribution in [3.05, 3.63) is 20.5 Å². The molecule has 1 aromatic heterocycles. The summed E-state index contributed by atoms with van der Waals surface area (Å²) in [5.74, 6) is 2.63. The Labute approximate surface area is 93.2 Å². The van der Waals surface area contributed by atoms with Gasteiger partial charge in [0.1, 0.15) is 0 Å². The van der Waals surface area contributed by atoms with Crippen LogP contribution < -0.4 is 0 Å². The van der Waals surface area contributed by atoms with Crippen molar-refractivity contribution in [3.8, 4) is 0 Å². The zero-order valence-electron chi connectivity index (χ0n) is 7.44. The van der Waals surface area contributed by atoms with Crippen LogP contribution in [0.2, 0.25) is 0 Å². The molecular weight excluding hydrogens is 270 g/mol. The molecule has 0 aromatic carbocycles. The molecule has 1 fully saturated rings. The Balaban J connectivity index is 2.43. The average molecular weight is 278 g/mol. The number of nitrogens with zero attached hydrogens (tertiary/aromatic N) is 3. The summed E-state index contributed by atoms with van der Waals surface area (Å²) < 4.78 is 2.39. The molecule has 0 spiro atoms. The average Bonchev–Trinajstić information content (AvgIpc) is 2.29. The van der Waals surface area contributed by atoms with Crippen LogP contribution in [0.1, 0.15) is 11.9 Å². The van der Waals surface area contributed by atoms with Crippen molar-refractivity contribution in [1.29, 1.82) is 0 Å². The van der Waals surface area contributed by atoms with Crippen LogP contribution in [0.25, 0.3) is 0 Å². The number of hydrogen-bond acceptors (Lipinski definition) is 4. The number of hydrogen-bond donors (Lipinski definition) is 0. The van der Waals surface area contributed by atoms with Crippen LogP contribution in [0.3, 0.4) is 0 Å². The molecule has 14 heavy (non-hydrogen) atoms. The Kier molecular flexibility index (Phi) is 2.52. The number of rotatable bonds is 2. The van der Waals surface area contributed by atoms with E-state index in [-0.39, 0.29) is 5.82 Å². The first-order chi connectivity index (χ1) is 6.61. The maximum absolute atomic E-state index is 10.6. The van der Waals surface area contributed by atoms with Gasteiger partial charge >= 0.3 is 5.82 Å². The lowest BCUT2D eigenvalue weighted by Gasteiger charge is -2.26. The lowest BCUT2D eigenvalue weighted by atomic mass is 10.3. The molecule has 2 heterocycles. The minimum Gasteiger partial charge on any atom is -0.358 e. The molecule has 5 nitrogen and oxygen atoms in total. The SMILES string of the molecule is Cc1nc([N+](=O)[O-])c(Br)n1C1CSC1. The van der Waals surface area contributed by atoms with Crippen molar-refractivity contribution in [3.63, 3.8) is 0 Å². The van der Waals surface area contributed by atoms with Gasteiger partial charge in [-0.3, -0.25) is 4.57 Å². The Morgan fingerprint density at radius 2 is 2.36 bits per heavy atom. The molecule has 1 saturated heterocycles. The number of thioether (sulfide) groups is 1. The van der Waals surface area contributed by atoms with Crippen molar-refractivity contribution in [2.75, 3.05) is 11.5 Å². The smallest absolute Gasteiger partial charge is 0.358 e. The van der Waals surface area contributed by atoms with Gasteiger partial charge in [0.15, 0.2) is 4.60 Å². The molecule has 1 aliphatic rings. The van der Waals surface area contributed by atoms with Gasteiger partial charge in [-0.15, -0.1) is 0 Å². The summed E-state index contributed by atoms with van der Waals surface area (Å²) in [6.45, 7) is 1.79. The fourth-order valence-electron chi connectivity index (χ4n) is 1.42. The van der Waals surface area contributed by atoms with Gasteiger partial charge in [0.2, 0.25) is 5.82 Å². The Bertz CT molecular complexity index is 389. The first kappa shape index (κ1) is 9.97. The fraction of sp³-hybridized carbons (Fsp3) is 0.571. The lowest BCUT2D eigenvalue weighted by Crippen LogP contribution is -2.23. The molecule has 0 radical (unpaired) electrons. The summed E-state index contributed by atoms with van der Waals surface area (Å²) in [6.07, 6.45) is 0. The molecule has 0 saturated carbocycles. The normalized spacial score (nSPS) is 16.7. The van der Waals surface area contributed by atoms with E-state index in [1.807, 2.05) is 16.3 Å². The largest absolute Gasteiger partial charge is 0.396 e. The van der Waals surface area contributed by atoms with Gasteiger partial charge in [0, 0.05) is 18.4 Å². The number of nitro groups is 1. The second kappa shape index (κ2) is 3.54. The molecule has 76 valence electrons. The predicted octanol–water partition coefficient (Wildman–Crippen LogP) is 2.15. The number of imidazole rings is 1. The number of halogens is 1. The van der Waals surface area contributed by atoms with Gasteiger partial charge in [-0.25, -0.2) is 0 Å². The van der Waals surface area contributed by atoms with E-state index in [0.717, 1.165) is 11.5 Å². The van der Waals surface area contributed by atoms with Crippen molar-refractivity contribution in [2.24, 2.45) is 0 Å². The Morgan fingerprint density at radius 3 is 2.71 bits per heavy atom. The quantitative estimate of drug-likeness (QED) is 0.614. The monoisotopic (exact) mass is 277 g/mol. The summed E-state index contributed by atoms with van der Waals surface area (Å²) in [4.78, 5) is 14.1. The predicted molar refractivity (Wildman–Crippen MR) is 57.7 cm³/mol. The fourth-order valence-corrected chi connectivity index (χ4v) is 2.94. The highest BCUT2D eigenvalue weighted by Crippen LogP contribution is 2.36. The van der Waals surface area contributed by atoms with Crippen molar-refractivity contribution in [1.82, 2.24) is 9.55 Å². The Morgan fingerprint density at radius 1 is 1.71 bits per heavy atom. The second-order valence-corrected chi connectivity index (χ2v) is 4.92. The van der Waals surface area contributed by atoms with Crippen LogP contribution in [-0.4, -0.2) is 26.0 Å². The number of aryl methyl sites for hydroxylation is 1. The van der Waals surface area contributed by atoms with Crippen LogP contribution >= 0.6 is 27.7 Å². The molecule has 2 rings (SSSR count). The van der Waals surface area contributed by atoms with E-state index in [9.17, 15) is 10.1 Å². The first-order valence-electron chi connectivity index (χ1n) is 4.07. The van der Waals surface area contributed by atoms with Gasteiger partial charge < -0.3 is 10.1 Å². The van der Waals surface area contributed by atoms with Gasteiger partial charge in [0.05, 0.1) is 6.04 Å². The molecule has 1 aromatic rings. The zero-order chi connectivity index (χ0) is 10.3. The van der Waals surface area contributed by atoms with Gasteiger partial charge in [-0.2, -0.15) is 11.8 Å². The molecule has 7 heteroatoms. The first-order valence-corrected chi connectivity index (χ1v) is 6.02. The topological polar surface area (TPSA) is 61.0 Å². The molecular formula is C7H8BrN3O2S. The van der Waals surface area contributed by atoms with E-state index < -0.39 is 4.92 Å². The highest BCUT2D eigenvalue weighted by molar-refractivity contribution is 9.10. The molecule has 0 amide bonds.